The fraction of sp³-hybridized carbons (Fsp3) is 0.182. The highest BCUT2D eigenvalue weighted by Crippen LogP contribution is 2.31. The molecule has 2 aromatic rings. The maximum atomic E-state index is 12.3. The molecule has 0 fully saturated rings. The van der Waals surface area contributed by atoms with Crippen molar-refractivity contribution < 1.29 is 8.42 Å². The van der Waals surface area contributed by atoms with E-state index >= 15 is 0 Å². The predicted molar refractivity (Wildman–Crippen MR) is 80.8 cm³/mol. The van der Waals surface area contributed by atoms with Gasteiger partial charge in [0.15, 0.2) is 0 Å². The van der Waals surface area contributed by atoms with Gasteiger partial charge in [-0.25, -0.2) is 13.1 Å². The molecule has 6 nitrogen and oxygen atoms in total. The van der Waals surface area contributed by atoms with Gasteiger partial charge in [0.1, 0.15) is 0 Å². The summed E-state index contributed by atoms with van der Waals surface area (Å²) >= 11 is 9.01. The van der Waals surface area contributed by atoms with Crippen LogP contribution < -0.4 is 10.5 Å². The quantitative estimate of drug-likeness (QED) is 0.794. The molecule has 3 N–H and O–H groups in total. The van der Waals surface area contributed by atoms with E-state index in [2.05, 4.69) is 25.8 Å². The van der Waals surface area contributed by atoms with Gasteiger partial charge in [-0.05, 0) is 34.1 Å². The molecular formula is C11H12BrClN4O2S. The van der Waals surface area contributed by atoms with Crippen molar-refractivity contribution in [1.29, 1.82) is 0 Å². The monoisotopic (exact) mass is 378 g/mol. The van der Waals surface area contributed by atoms with Gasteiger partial charge in [-0.3, -0.25) is 4.68 Å². The largest absolute Gasteiger partial charge is 0.398 e. The summed E-state index contributed by atoms with van der Waals surface area (Å²) in [5.74, 6) is 0. The van der Waals surface area contributed by atoms with E-state index in [4.69, 9.17) is 17.3 Å². The first-order valence-electron chi connectivity index (χ1n) is 5.52. The van der Waals surface area contributed by atoms with Gasteiger partial charge in [-0.1, -0.05) is 11.6 Å². The maximum Gasteiger partial charge on any atom is 0.242 e. The minimum atomic E-state index is -3.73. The molecule has 0 aliphatic carbocycles. The minimum absolute atomic E-state index is 0.00432. The van der Waals surface area contributed by atoms with Crippen molar-refractivity contribution in [2.75, 3.05) is 5.73 Å². The first kappa shape index (κ1) is 15.3. The highest BCUT2D eigenvalue weighted by molar-refractivity contribution is 9.10. The zero-order valence-electron chi connectivity index (χ0n) is 10.5. The van der Waals surface area contributed by atoms with Gasteiger partial charge >= 0.3 is 0 Å². The molecule has 0 atom stereocenters. The fourth-order valence-corrected chi connectivity index (χ4v) is 3.89. The summed E-state index contributed by atoms with van der Waals surface area (Å²) in [6.07, 6.45) is 1.59. The van der Waals surface area contributed by atoms with Crippen molar-refractivity contribution in [1.82, 2.24) is 14.5 Å². The molecule has 0 amide bonds. The number of aryl methyl sites for hydroxylation is 1. The number of halogens is 2. The molecule has 0 aliphatic heterocycles. The van der Waals surface area contributed by atoms with Gasteiger partial charge in [-0.15, -0.1) is 0 Å². The van der Waals surface area contributed by atoms with Gasteiger partial charge in [-0.2, -0.15) is 5.10 Å². The molecule has 0 aliphatic rings. The van der Waals surface area contributed by atoms with E-state index in [-0.39, 0.29) is 22.2 Å². The van der Waals surface area contributed by atoms with Gasteiger partial charge in [0.05, 0.1) is 21.6 Å². The Balaban J connectivity index is 2.29. The van der Waals surface area contributed by atoms with E-state index in [0.29, 0.717) is 4.47 Å². The van der Waals surface area contributed by atoms with Crippen LogP contribution in [-0.4, -0.2) is 18.2 Å². The minimum Gasteiger partial charge on any atom is -0.398 e. The van der Waals surface area contributed by atoms with Crippen LogP contribution in [0.3, 0.4) is 0 Å². The van der Waals surface area contributed by atoms with E-state index in [1.54, 1.807) is 24.0 Å². The van der Waals surface area contributed by atoms with Gasteiger partial charge in [0.25, 0.3) is 0 Å². The highest BCUT2D eigenvalue weighted by Gasteiger charge is 2.20. The summed E-state index contributed by atoms with van der Waals surface area (Å²) in [4.78, 5) is 0.00432. The highest BCUT2D eigenvalue weighted by atomic mass is 79.9. The van der Waals surface area contributed by atoms with Crippen LogP contribution in [0.25, 0.3) is 0 Å². The standard InChI is InChI=1S/C11H12BrClN4O2S/c1-17-8(2-3-15-17)6-16-20(18,19)10-5-7(13)4-9(14)11(10)12/h2-5,16H,6,14H2,1H3. The Hall–Kier alpha value is -1.09. The molecule has 0 bridgehead atoms. The molecule has 1 aromatic heterocycles. The Kier molecular flexibility index (Phi) is 4.38. The molecule has 1 heterocycles. The van der Waals surface area contributed by atoms with Crippen LogP contribution in [0.4, 0.5) is 5.69 Å². The van der Waals surface area contributed by atoms with Crippen LogP contribution in [0, 0.1) is 0 Å². The number of hydrogen-bond donors (Lipinski definition) is 2. The number of rotatable bonds is 4. The van der Waals surface area contributed by atoms with Crippen molar-refractivity contribution in [2.45, 2.75) is 11.4 Å². The zero-order chi connectivity index (χ0) is 14.9. The second-order valence-electron chi connectivity index (χ2n) is 4.08. The Bertz CT molecular complexity index is 745. The molecule has 0 saturated carbocycles. The molecule has 1 aromatic carbocycles. The first-order chi connectivity index (χ1) is 9.31. The summed E-state index contributed by atoms with van der Waals surface area (Å²) in [5.41, 5.74) is 6.69. The summed E-state index contributed by atoms with van der Waals surface area (Å²) in [6, 6.07) is 4.54. The van der Waals surface area contributed by atoms with Crippen molar-refractivity contribution >= 4 is 43.2 Å². The molecule has 20 heavy (non-hydrogen) atoms. The third-order valence-corrected chi connectivity index (χ3v) is 5.48. The van der Waals surface area contributed by atoms with Crippen LogP contribution in [0.5, 0.6) is 0 Å². The van der Waals surface area contributed by atoms with Crippen LogP contribution >= 0.6 is 27.5 Å². The van der Waals surface area contributed by atoms with Crippen LogP contribution in [-0.2, 0) is 23.6 Å². The average Bonchev–Trinajstić information content (AvgIpc) is 2.77. The third-order valence-electron chi connectivity index (χ3n) is 2.69. The lowest BCUT2D eigenvalue weighted by molar-refractivity contribution is 0.576. The average molecular weight is 380 g/mol. The second-order valence-corrected chi connectivity index (χ2v) is 7.04. The van der Waals surface area contributed by atoms with E-state index < -0.39 is 10.0 Å². The number of nitrogens with zero attached hydrogens (tertiary/aromatic N) is 2. The Morgan fingerprint density at radius 1 is 1.50 bits per heavy atom. The third kappa shape index (κ3) is 3.14. The Morgan fingerprint density at radius 2 is 2.20 bits per heavy atom. The Morgan fingerprint density at radius 3 is 2.80 bits per heavy atom. The molecule has 0 radical (unpaired) electrons. The van der Waals surface area contributed by atoms with Crippen molar-refractivity contribution in [3.05, 3.63) is 39.6 Å². The fourth-order valence-electron chi connectivity index (χ4n) is 1.60. The van der Waals surface area contributed by atoms with Crippen molar-refractivity contribution in [3.63, 3.8) is 0 Å². The molecular weight excluding hydrogens is 368 g/mol. The number of benzene rings is 1. The molecule has 9 heteroatoms. The van der Waals surface area contributed by atoms with Crippen LogP contribution in [0.15, 0.2) is 33.8 Å². The number of hydrogen-bond acceptors (Lipinski definition) is 4. The zero-order valence-corrected chi connectivity index (χ0v) is 13.6. The predicted octanol–water partition coefficient (Wildman–Crippen LogP) is 1.90. The van der Waals surface area contributed by atoms with Gasteiger partial charge < -0.3 is 5.73 Å². The first-order valence-corrected chi connectivity index (χ1v) is 8.18. The van der Waals surface area contributed by atoms with E-state index in [9.17, 15) is 8.42 Å². The van der Waals surface area contributed by atoms with Crippen LogP contribution in [0.1, 0.15) is 5.69 Å². The molecule has 0 spiro atoms. The Labute approximate surface area is 130 Å². The maximum absolute atomic E-state index is 12.3. The van der Waals surface area contributed by atoms with E-state index in [0.717, 1.165) is 5.69 Å². The lowest BCUT2D eigenvalue weighted by Crippen LogP contribution is -2.25. The summed E-state index contributed by atoms with van der Waals surface area (Å²) in [6.45, 7) is 0.123. The number of aromatic nitrogens is 2. The summed E-state index contributed by atoms with van der Waals surface area (Å²) in [5, 5.41) is 4.22. The topological polar surface area (TPSA) is 90.0 Å². The van der Waals surface area contributed by atoms with Crippen molar-refractivity contribution in [3.8, 4) is 0 Å². The second kappa shape index (κ2) is 5.72. The number of nitrogen functional groups attached to an aromatic ring is 1. The molecule has 108 valence electrons. The number of sulfonamides is 1. The van der Waals surface area contributed by atoms with Crippen LogP contribution in [0.2, 0.25) is 5.02 Å². The number of nitrogens with one attached hydrogen (secondary N) is 1. The lowest BCUT2D eigenvalue weighted by Gasteiger charge is -2.10. The lowest BCUT2D eigenvalue weighted by atomic mass is 10.3. The summed E-state index contributed by atoms with van der Waals surface area (Å²) in [7, 11) is -2.00. The van der Waals surface area contributed by atoms with Gasteiger partial charge in [0, 0.05) is 24.0 Å². The summed E-state index contributed by atoms with van der Waals surface area (Å²) < 4.78 is 28.9. The smallest absolute Gasteiger partial charge is 0.242 e. The van der Waals surface area contributed by atoms with E-state index in [1.165, 1.54) is 12.1 Å². The normalized spacial score (nSPS) is 11.8. The number of nitrogens with two attached hydrogens (primary N) is 1. The molecule has 2 rings (SSSR count). The van der Waals surface area contributed by atoms with Crippen molar-refractivity contribution in [2.24, 2.45) is 7.05 Å². The number of anilines is 1. The molecule has 0 saturated heterocycles. The SMILES string of the molecule is Cn1nccc1CNS(=O)(=O)c1cc(Cl)cc(N)c1Br. The molecule has 0 unspecified atom stereocenters. The van der Waals surface area contributed by atoms with E-state index in [1.807, 2.05) is 0 Å². The van der Waals surface area contributed by atoms with Gasteiger partial charge in [0.2, 0.25) is 10.0 Å².